The summed E-state index contributed by atoms with van der Waals surface area (Å²) in [4.78, 5) is 44.3. The van der Waals surface area contributed by atoms with E-state index in [2.05, 4.69) is 55.5 Å². The lowest BCUT2D eigenvalue weighted by Crippen LogP contribution is -2.42. The molecule has 0 bridgehead atoms. The molecule has 1 aromatic carbocycles. The highest BCUT2D eigenvalue weighted by atomic mass is 16.1. The second-order valence-corrected chi connectivity index (χ2v) is 9.40. The van der Waals surface area contributed by atoms with Gasteiger partial charge in [-0.3, -0.25) is 14.4 Å². The first-order chi connectivity index (χ1) is 18.8. The van der Waals surface area contributed by atoms with Crippen molar-refractivity contribution in [3.05, 3.63) is 41.7 Å². The summed E-state index contributed by atoms with van der Waals surface area (Å²) in [5.41, 5.74) is 10.9. The molecule has 1 saturated heterocycles. The minimum absolute atomic E-state index is 0.0775. The number of primary amides is 2. The summed E-state index contributed by atoms with van der Waals surface area (Å²) in [6, 6.07) is 7.20. The lowest BCUT2D eigenvalue weighted by atomic mass is 9.96. The molecule has 4 rings (SSSR count). The van der Waals surface area contributed by atoms with Gasteiger partial charge in [0.05, 0.1) is 6.20 Å². The molecule has 1 aliphatic carbocycles. The molecule has 2 amide bonds. The van der Waals surface area contributed by atoms with Crippen molar-refractivity contribution in [2.24, 2.45) is 11.5 Å². The number of carbonyl (C=O) groups excluding carboxylic acids is 3. The number of nitrogens with zero attached hydrogens (tertiary/aromatic N) is 4. The number of amides is 2. The van der Waals surface area contributed by atoms with Crippen LogP contribution in [-0.4, -0.2) is 98.8 Å². The van der Waals surface area contributed by atoms with Crippen LogP contribution in [0.2, 0.25) is 0 Å². The van der Waals surface area contributed by atoms with Crippen molar-refractivity contribution >= 4 is 35.9 Å². The largest absolute Gasteiger partial charge is 0.372 e. The van der Waals surface area contributed by atoms with Crippen molar-refractivity contribution in [2.45, 2.75) is 38.1 Å². The van der Waals surface area contributed by atoms with Crippen LogP contribution in [0.5, 0.6) is 0 Å². The number of carbonyl (C=O) groups is 3. The zero-order valence-electron chi connectivity index (χ0n) is 23.7. The molecule has 0 spiro atoms. The molecule has 2 aromatic rings. The van der Waals surface area contributed by atoms with E-state index in [1.54, 1.807) is 24.3 Å². The van der Waals surface area contributed by atoms with E-state index in [0.29, 0.717) is 28.9 Å². The van der Waals surface area contributed by atoms with Crippen LogP contribution in [0.25, 0.3) is 0 Å². The van der Waals surface area contributed by atoms with Gasteiger partial charge in [-0.25, -0.2) is 9.97 Å². The molecule has 2 fully saturated rings. The van der Waals surface area contributed by atoms with Gasteiger partial charge in [-0.15, -0.1) is 0 Å². The average Bonchev–Trinajstić information content (AvgIpc) is 2.93. The number of nitrogens with one attached hydrogen (secondary N) is 3. The van der Waals surface area contributed by atoms with Crippen LogP contribution in [0.3, 0.4) is 0 Å². The van der Waals surface area contributed by atoms with E-state index in [0.717, 1.165) is 19.1 Å². The van der Waals surface area contributed by atoms with E-state index in [4.69, 9.17) is 10.5 Å². The topological polar surface area (TPSA) is 172 Å². The third-order valence-corrected chi connectivity index (χ3v) is 6.00. The second-order valence-electron chi connectivity index (χ2n) is 9.40. The Balaban J connectivity index is 0.000000448. The number of nitrogens with two attached hydrogens (primary N) is 2. The average molecular weight is 544 g/mol. The Morgan fingerprint density at radius 2 is 1.49 bits per heavy atom. The zero-order chi connectivity index (χ0) is 29.0. The molecular weight excluding hydrogens is 498 g/mol. The number of likely N-dealkylation sites (N-methyl/N-ethyl adjacent to an activating group) is 2. The van der Waals surface area contributed by atoms with Crippen LogP contribution in [0.15, 0.2) is 30.5 Å². The monoisotopic (exact) mass is 543 g/mol. The van der Waals surface area contributed by atoms with Gasteiger partial charge in [-0.2, -0.15) is 0 Å². The Morgan fingerprint density at radius 3 is 1.95 bits per heavy atom. The molecule has 1 aliphatic heterocycles. The minimum atomic E-state index is -0.649. The van der Waals surface area contributed by atoms with Gasteiger partial charge in [-0.05, 0) is 65.3 Å². The molecule has 2 aliphatic rings. The molecule has 1 aromatic heterocycles. The minimum Gasteiger partial charge on any atom is -0.372 e. The van der Waals surface area contributed by atoms with E-state index < -0.39 is 5.91 Å². The van der Waals surface area contributed by atoms with Gasteiger partial charge in [0.1, 0.15) is 12.1 Å². The van der Waals surface area contributed by atoms with Crippen LogP contribution >= 0.6 is 0 Å². The van der Waals surface area contributed by atoms with Crippen molar-refractivity contribution in [1.82, 2.24) is 25.1 Å². The molecule has 0 atom stereocenters. The molecule has 0 radical (unpaired) electrons. The number of hydrogen-bond acceptors (Lipinski definition) is 10. The Bertz CT molecular complexity index is 965. The van der Waals surface area contributed by atoms with Crippen molar-refractivity contribution in [2.75, 3.05) is 65.0 Å². The van der Waals surface area contributed by atoms with Crippen LogP contribution < -0.4 is 27.4 Å². The van der Waals surface area contributed by atoms with Gasteiger partial charge >= 0.3 is 0 Å². The van der Waals surface area contributed by atoms with Crippen molar-refractivity contribution in [1.29, 1.82) is 0 Å². The molecule has 2 heterocycles. The maximum absolute atomic E-state index is 11.6. The third kappa shape index (κ3) is 13.7. The van der Waals surface area contributed by atoms with E-state index >= 15 is 0 Å². The number of hydrogen-bond donors (Lipinski definition) is 5. The normalized spacial score (nSPS) is 15.6. The Hall–Kier alpha value is -3.61. The summed E-state index contributed by atoms with van der Waals surface area (Å²) >= 11 is 0. The highest BCUT2D eigenvalue weighted by Crippen LogP contribution is 2.23. The highest BCUT2D eigenvalue weighted by Gasteiger charge is 2.17. The number of benzene rings is 1. The predicted molar refractivity (Wildman–Crippen MR) is 156 cm³/mol. The quantitative estimate of drug-likeness (QED) is 0.338. The van der Waals surface area contributed by atoms with E-state index in [1.807, 2.05) is 14.1 Å². The molecular formula is C27H45N9O3. The van der Waals surface area contributed by atoms with Gasteiger partial charge in [0.2, 0.25) is 6.41 Å². The van der Waals surface area contributed by atoms with E-state index in [9.17, 15) is 9.59 Å². The lowest BCUT2D eigenvalue weighted by Gasteiger charge is -2.28. The van der Waals surface area contributed by atoms with E-state index in [1.165, 1.54) is 51.6 Å². The maximum Gasteiger partial charge on any atom is 0.271 e. The summed E-state index contributed by atoms with van der Waals surface area (Å²) in [5.74, 6) is 0.264. The fraction of sp³-hybridized carbons (Fsp3) is 0.519. The Kier molecular flexibility index (Phi) is 16.7. The molecule has 216 valence electrons. The summed E-state index contributed by atoms with van der Waals surface area (Å²) in [7, 11) is 8.10. The van der Waals surface area contributed by atoms with Gasteiger partial charge in [0, 0.05) is 43.5 Å². The van der Waals surface area contributed by atoms with Crippen molar-refractivity contribution in [3.63, 3.8) is 0 Å². The summed E-state index contributed by atoms with van der Waals surface area (Å²) in [5, 5.41) is 9.18. The van der Waals surface area contributed by atoms with Gasteiger partial charge < -0.3 is 37.2 Å². The van der Waals surface area contributed by atoms with E-state index in [-0.39, 0.29) is 12.1 Å². The third-order valence-electron chi connectivity index (χ3n) is 6.00. The predicted octanol–water partition coefficient (Wildman–Crippen LogP) is 1.68. The first-order valence-corrected chi connectivity index (χ1v) is 13.1. The SMILES string of the molecule is CN1CCN(C)CC1.CNC.NC(=O)c1ncc(NC2CCCCC2)nc1Nc1ccc(C=O)cc1.NC=O. The van der Waals surface area contributed by atoms with Crippen LogP contribution in [0, 0.1) is 0 Å². The first-order valence-electron chi connectivity index (χ1n) is 13.1. The number of anilines is 3. The van der Waals surface area contributed by atoms with Crippen molar-refractivity contribution in [3.8, 4) is 0 Å². The molecule has 7 N–H and O–H groups in total. The Labute approximate surface area is 231 Å². The lowest BCUT2D eigenvalue weighted by molar-refractivity contribution is -0.106. The van der Waals surface area contributed by atoms with Crippen LogP contribution in [-0.2, 0) is 4.79 Å². The molecule has 1 saturated carbocycles. The fourth-order valence-corrected chi connectivity index (χ4v) is 3.87. The van der Waals surface area contributed by atoms with Crippen molar-refractivity contribution < 1.29 is 14.4 Å². The number of aldehydes is 1. The smallest absolute Gasteiger partial charge is 0.271 e. The van der Waals surface area contributed by atoms with Gasteiger partial charge in [0.25, 0.3) is 5.91 Å². The Morgan fingerprint density at radius 1 is 0.974 bits per heavy atom. The fourth-order valence-electron chi connectivity index (χ4n) is 3.87. The van der Waals surface area contributed by atoms with Gasteiger partial charge in [-0.1, -0.05) is 19.3 Å². The second kappa shape index (κ2) is 19.5. The van der Waals surface area contributed by atoms with Crippen LogP contribution in [0.4, 0.5) is 17.3 Å². The summed E-state index contributed by atoms with van der Waals surface area (Å²) < 4.78 is 0. The number of rotatable bonds is 6. The summed E-state index contributed by atoms with van der Waals surface area (Å²) in [6.07, 6.45) is 8.46. The highest BCUT2D eigenvalue weighted by molar-refractivity contribution is 5.96. The van der Waals surface area contributed by atoms with Crippen LogP contribution in [0.1, 0.15) is 53.0 Å². The first kappa shape index (κ1) is 33.4. The molecule has 0 unspecified atom stereocenters. The zero-order valence-corrected chi connectivity index (χ0v) is 23.7. The standard InChI is InChI=1S/C18H21N5O2.C6H14N2.C2H7N.CH3NO/c19-17(25)16-18(22-14-8-6-12(11-24)7-9-14)23-15(10-20-16)21-13-4-2-1-3-5-13;1-7-3-5-8(2)6-4-7;1-3-2;2-1-3/h6-11,13H,1-5H2,(H2,19,25)(H2,21,22,23);3-6H2,1-2H3;3H,1-2H3;1H,(H2,2,3). The maximum atomic E-state index is 11.6. The molecule has 39 heavy (non-hydrogen) atoms. The number of piperazine rings is 1. The van der Waals surface area contributed by atoms with Gasteiger partial charge in [0.15, 0.2) is 11.5 Å². The summed E-state index contributed by atoms with van der Waals surface area (Å²) in [6.45, 7) is 4.93. The molecule has 12 heteroatoms. The number of aromatic nitrogens is 2. The molecule has 12 nitrogen and oxygen atoms in total.